The van der Waals surface area contributed by atoms with Crippen molar-refractivity contribution in [3.63, 3.8) is 0 Å². The van der Waals surface area contributed by atoms with Crippen LogP contribution < -0.4 is 10.1 Å². The molecule has 0 spiro atoms. The van der Waals surface area contributed by atoms with Gasteiger partial charge in [-0.25, -0.2) is 0 Å². The number of hydrogen-bond donors (Lipinski definition) is 1. The van der Waals surface area contributed by atoms with Crippen molar-refractivity contribution in [2.45, 2.75) is 25.7 Å². The SMILES string of the molecule is O=C(COc1ccc(-c2ccccc2)cc1Br)Nc1ccc(C(=O)N2CCCCCC2)cc1. The standard InChI is InChI=1S/C27H27BrN2O3/c28-24-18-22(20-8-4-3-5-9-20)12-15-25(24)33-19-26(31)29-23-13-10-21(11-14-23)27(32)30-16-6-1-2-7-17-30/h3-5,8-15,18H,1-2,6-7,16-17,19H2,(H,29,31). The Kier molecular flexibility index (Phi) is 7.79. The fourth-order valence-electron chi connectivity index (χ4n) is 3.92. The first-order valence-corrected chi connectivity index (χ1v) is 12.1. The highest BCUT2D eigenvalue weighted by Crippen LogP contribution is 2.30. The first-order valence-electron chi connectivity index (χ1n) is 11.3. The average molecular weight is 507 g/mol. The highest BCUT2D eigenvalue weighted by molar-refractivity contribution is 9.10. The van der Waals surface area contributed by atoms with Crippen molar-refractivity contribution in [3.8, 4) is 16.9 Å². The molecule has 3 aromatic carbocycles. The zero-order valence-corrected chi connectivity index (χ0v) is 20.0. The Morgan fingerprint density at radius 3 is 2.21 bits per heavy atom. The summed E-state index contributed by atoms with van der Waals surface area (Å²) in [7, 11) is 0. The number of amides is 2. The van der Waals surface area contributed by atoms with E-state index < -0.39 is 0 Å². The first kappa shape index (κ1) is 23.1. The van der Waals surface area contributed by atoms with Gasteiger partial charge in [-0.2, -0.15) is 0 Å². The Bertz CT molecular complexity index is 1090. The van der Waals surface area contributed by atoms with Crippen LogP contribution in [0.2, 0.25) is 0 Å². The van der Waals surface area contributed by atoms with Crippen LogP contribution >= 0.6 is 15.9 Å². The molecule has 0 aromatic heterocycles. The highest BCUT2D eigenvalue weighted by atomic mass is 79.9. The molecule has 1 N–H and O–H groups in total. The second-order valence-electron chi connectivity index (χ2n) is 8.13. The molecule has 1 fully saturated rings. The van der Waals surface area contributed by atoms with Crippen molar-refractivity contribution in [2.24, 2.45) is 0 Å². The Hall–Kier alpha value is -3.12. The molecule has 0 bridgehead atoms. The van der Waals surface area contributed by atoms with Crippen LogP contribution in [0.25, 0.3) is 11.1 Å². The summed E-state index contributed by atoms with van der Waals surface area (Å²) in [5.41, 5.74) is 3.46. The van der Waals surface area contributed by atoms with Crippen LogP contribution in [0.1, 0.15) is 36.0 Å². The molecule has 6 heteroatoms. The third-order valence-corrected chi connectivity index (χ3v) is 6.33. The van der Waals surface area contributed by atoms with Crippen LogP contribution in [0.3, 0.4) is 0 Å². The molecule has 0 radical (unpaired) electrons. The molecule has 5 nitrogen and oxygen atoms in total. The van der Waals surface area contributed by atoms with Crippen LogP contribution in [-0.4, -0.2) is 36.4 Å². The molecule has 0 atom stereocenters. The Balaban J connectivity index is 1.30. The maximum absolute atomic E-state index is 12.7. The van der Waals surface area contributed by atoms with Gasteiger partial charge in [-0.3, -0.25) is 9.59 Å². The van der Waals surface area contributed by atoms with E-state index in [0.717, 1.165) is 41.5 Å². The molecule has 33 heavy (non-hydrogen) atoms. The van der Waals surface area contributed by atoms with E-state index >= 15 is 0 Å². The minimum atomic E-state index is -0.263. The molecular weight excluding hydrogens is 480 g/mol. The molecule has 4 rings (SSSR count). The number of ether oxygens (including phenoxy) is 1. The number of benzene rings is 3. The number of nitrogens with one attached hydrogen (secondary N) is 1. The van der Waals surface area contributed by atoms with Crippen molar-refractivity contribution < 1.29 is 14.3 Å². The van der Waals surface area contributed by atoms with E-state index in [-0.39, 0.29) is 18.4 Å². The minimum Gasteiger partial charge on any atom is -0.483 e. The van der Waals surface area contributed by atoms with Crippen LogP contribution in [0.5, 0.6) is 5.75 Å². The number of nitrogens with zero attached hydrogens (tertiary/aromatic N) is 1. The lowest BCUT2D eigenvalue weighted by molar-refractivity contribution is -0.118. The van der Waals surface area contributed by atoms with Crippen molar-refractivity contribution in [1.82, 2.24) is 4.90 Å². The van der Waals surface area contributed by atoms with Gasteiger partial charge in [-0.15, -0.1) is 0 Å². The van der Waals surface area contributed by atoms with E-state index in [1.54, 1.807) is 24.3 Å². The van der Waals surface area contributed by atoms with Gasteiger partial charge in [0.15, 0.2) is 6.61 Å². The zero-order valence-electron chi connectivity index (χ0n) is 18.4. The summed E-state index contributed by atoms with van der Waals surface area (Å²) in [6.45, 7) is 1.52. The average Bonchev–Trinajstić information content (AvgIpc) is 3.13. The molecule has 1 heterocycles. The van der Waals surface area contributed by atoms with Crippen molar-refractivity contribution in [1.29, 1.82) is 0 Å². The highest BCUT2D eigenvalue weighted by Gasteiger charge is 2.17. The van der Waals surface area contributed by atoms with Gasteiger partial charge >= 0.3 is 0 Å². The molecule has 1 aliphatic heterocycles. The molecule has 1 saturated heterocycles. The lowest BCUT2D eigenvalue weighted by atomic mass is 10.1. The monoisotopic (exact) mass is 506 g/mol. The summed E-state index contributed by atoms with van der Waals surface area (Å²) in [6.07, 6.45) is 4.49. The maximum atomic E-state index is 12.7. The predicted molar refractivity (Wildman–Crippen MR) is 135 cm³/mol. The van der Waals surface area contributed by atoms with E-state index in [1.807, 2.05) is 53.4 Å². The summed E-state index contributed by atoms with van der Waals surface area (Å²) in [6, 6.07) is 22.9. The van der Waals surface area contributed by atoms with Crippen molar-refractivity contribution in [3.05, 3.63) is 82.8 Å². The molecule has 0 aliphatic carbocycles. The second-order valence-corrected chi connectivity index (χ2v) is 8.99. The van der Waals surface area contributed by atoms with Gasteiger partial charge in [0.2, 0.25) is 0 Å². The van der Waals surface area contributed by atoms with Gasteiger partial charge in [0.25, 0.3) is 11.8 Å². The van der Waals surface area contributed by atoms with Crippen LogP contribution in [0.4, 0.5) is 5.69 Å². The van der Waals surface area contributed by atoms with Gasteiger partial charge in [-0.05, 0) is 76.3 Å². The van der Waals surface area contributed by atoms with Gasteiger partial charge in [-0.1, -0.05) is 49.2 Å². The molecule has 170 valence electrons. The summed E-state index contributed by atoms with van der Waals surface area (Å²) in [4.78, 5) is 27.0. The molecular formula is C27H27BrN2O3. The van der Waals surface area contributed by atoms with Crippen LogP contribution in [0.15, 0.2) is 77.3 Å². The van der Waals surface area contributed by atoms with Gasteiger partial charge < -0.3 is 15.0 Å². The number of rotatable bonds is 6. The molecule has 2 amide bonds. The largest absolute Gasteiger partial charge is 0.483 e. The quantitative estimate of drug-likeness (QED) is 0.436. The molecule has 0 unspecified atom stereocenters. The topological polar surface area (TPSA) is 58.6 Å². The number of likely N-dealkylation sites (tertiary alicyclic amines) is 1. The number of carbonyl (C=O) groups is 2. The summed E-state index contributed by atoms with van der Waals surface area (Å²) >= 11 is 3.53. The summed E-state index contributed by atoms with van der Waals surface area (Å²) in [5, 5.41) is 2.82. The van der Waals surface area contributed by atoms with Gasteiger partial charge in [0.1, 0.15) is 5.75 Å². The summed E-state index contributed by atoms with van der Waals surface area (Å²) in [5.74, 6) is 0.394. The Morgan fingerprint density at radius 2 is 1.55 bits per heavy atom. The molecule has 3 aromatic rings. The van der Waals surface area contributed by atoms with Crippen LogP contribution in [0, 0.1) is 0 Å². The minimum absolute atomic E-state index is 0.0573. The lowest BCUT2D eigenvalue weighted by Crippen LogP contribution is -2.31. The zero-order chi connectivity index (χ0) is 23.0. The number of carbonyl (C=O) groups excluding carboxylic acids is 2. The number of halogens is 1. The van der Waals surface area contributed by atoms with E-state index in [0.29, 0.717) is 17.0 Å². The fraction of sp³-hybridized carbons (Fsp3) is 0.259. The van der Waals surface area contributed by atoms with E-state index in [1.165, 1.54) is 12.8 Å². The first-order chi connectivity index (χ1) is 16.1. The normalized spacial score (nSPS) is 13.8. The van der Waals surface area contributed by atoms with Gasteiger partial charge in [0.05, 0.1) is 4.47 Å². The van der Waals surface area contributed by atoms with Gasteiger partial charge in [0, 0.05) is 24.3 Å². The molecule has 1 aliphatic rings. The fourth-order valence-corrected chi connectivity index (χ4v) is 4.41. The third-order valence-electron chi connectivity index (χ3n) is 5.71. The summed E-state index contributed by atoms with van der Waals surface area (Å²) < 4.78 is 6.48. The Labute approximate surface area is 202 Å². The van der Waals surface area contributed by atoms with Crippen molar-refractivity contribution >= 4 is 33.4 Å². The predicted octanol–water partition coefficient (Wildman–Crippen LogP) is 6.15. The second kappa shape index (κ2) is 11.1. The number of anilines is 1. The van der Waals surface area contributed by atoms with E-state index in [9.17, 15) is 9.59 Å². The smallest absolute Gasteiger partial charge is 0.262 e. The van der Waals surface area contributed by atoms with Crippen molar-refractivity contribution in [2.75, 3.05) is 25.0 Å². The Morgan fingerprint density at radius 1 is 0.848 bits per heavy atom. The van der Waals surface area contributed by atoms with E-state index in [4.69, 9.17) is 4.74 Å². The third kappa shape index (κ3) is 6.23. The maximum Gasteiger partial charge on any atom is 0.262 e. The number of hydrogen-bond acceptors (Lipinski definition) is 3. The lowest BCUT2D eigenvalue weighted by Gasteiger charge is -2.20. The van der Waals surface area contributed by atoms with Crippen LogP contribution in [-0.2, 0) is 4.79 Å². The van der Waals surface area contributed by atoms with E-state index in [2.05, 4.69) is 21.2 Å². The molecule has 0 saturated carbocycles.